The highest BCUT2D eigenvalue weighted by atomic mass is 35.5. The van der Waals surface area contributed by atoms with Gasteiger partial charge in [0.25, 0.3) is 5.91 Å². The fourth-order valence-electron chi connectivity index (χ4n) is 4.52. The molecule has 1 fully saturated rings. The van der Waals surface area contributed by atoms with Gasteiger partial charge in [-0.25, -0.2) is 0 Å². The molecule has 1 aromatic carbocycles. The second kappa shape index (κ2) is 10.8. The summed E-state index contributed by atoms with van der Waals surface area (Å²) in [6.45, 7) is 8.04. The minimum atomic E-state index is -0.364. The van der Waals surface area contributed by atoms with E-state index in [1.807, 2.05) is 32.0 Å². The van der Waals surface area contributed by atoms with Gasteiger partial charge >= 0.3 is 0 Å². The van der Waals surface area contributed by atoms with Gasteiger partial charge < -0.3 is 24.3 Å². The molecule has 0 bridgehead atoms. The minimum absolute atomic E-state index is 0.0768. The lowest BCUT2D eigenvalue weighted by atomic mass is 10.1. The number of aryl methyl sites for hydroxylation is 1. The standard InChI is InChI=1S/C25H31ClN4O3/c1-16-10-19(18(3)30(16)17(2)15-32-4)11-20(13-27)25(31)28-22-8-9-29(14-22)23-12-21(26)6-7-24(23)33-5/h6-7,10-12,17,22H,8-9,14-15H2,1-5H3,(H,28,31)/b20-11+. The van der Waals surface area contributed by atoms with Crippen LogP contribution >= 0.6 is 11.6 Å². The van der Waals surface area contributed by atoms with Crippen LogP contribution in [-0.4, -0.2) is 50.4 Å². The molecule has 1 saturated heterocycles. The molecule has 2 aromatic rings. The van der Waals surface area contributed by atoms with Crippen molar-refractivity contribution in [1.29, 1.82) is 5.26 Å². The molecule has 3 rings (SSSR count). The van der Waals surface area contributed by atoms with E-state index in [4.69, 9.17) is 21.1 Å². The number of hydrogen-bond acceptors (Lipinski definition) is 5. The van der Waals surface area contributed by atoms with E-state index in [2.05, 4.69) is 27.8 Å². The first-order valence-corrected chi connectivity index (χ1v) is 11.3. The molecule has 1 aromatic heterocycles. The van der Waals surface area contributed by atoms with Crippen molar-refractivity contribution in [2.75, 3.05) is 38.8 Å². The first kappa shape index (κ1) is 24.7. The summed E-state index contributed by atoms with van der Waals surface area (Å²) in [5.74, 6) is 0.374. The van der Waals surface area contributed by atoms with E-state index in [0.29, 0.717) is 18.2 Å². The van der Waals surface area contributed by atoms with Crippen LogP contribution in [0.1, 0.15) is 36.3 Å². The van der Waals surface area contributed by atoms with E-state index in [-0.39, 0.29) is 23.6 Å². The largest absolute Gasteiger partial charge is 0.495 e. The average Bonchev–Trinajstić information content (AvgIpc) is 3.35. The molecule has 0 saturated carbocycles. The van der Waals surface area contributed by atoms with Crippen molar-refractivity contribution in [3.05, 3.63) is 51.8 Å². The maximum absolute atomic E-state index is 12.9. The number of methoxy groups -OCH3 is 2. The Labute approximate surface area is 200 Å². The minimum Gasteiger partial charge on any atom is -0.495 e. The van der Waals surface area contributed by atoms with Gasteiger partial charge in [0, 0.05) is 42.7 Å². The number of benzene rings is 1. The molecule has 7 nitrogen and oxygen atoms in total. The summed E-state index contributed by atoms with van der Waals surface area (Å²) in [6, 6.07) is 9.63. The zero-order valence-corrected chi connectivity index (χ0v) is 20.6. The van der Waals surface area contributed by atoms with Gasteiger partial charge in [-0.1, -0.05) is 11.6 Å². The number of nitrogens with one attached hydrogen (secondary N) is 1. The van der Waals surface area contributed by atoms with E-state index < -0.39 is 0 Å². The second-order valence-electron chi connectivity index (χ2n) is 8.39. The molecule has 2 atom stereocenters. The van der Waals surface area contributed by atoms with Crippen molar-refractivity contribution in [2.45, 2.75) is 39.3 Å². The van der Waals surface area contributed by atoms with E-state index in [9.17, 15) is 10.1 Å². The number of rotatable bonds is 8. The highest BCUT2D eigenvalue weighted by Crippen LogP contribution is 2.33. The summed E-state index contributed by atoms with van der Waals surface area (Å²) in [6.07, 6.45) is 2.43. The predicted octanol–water partition coefficient (Wildman–Crippen LogP) is 4.28. The molecule has 2 heterocycles. The van der Waals surface area contributed by atoms with Gasteiger partial charge in [0.05, 0.1) is 25.4 Å². The average molecular weight is 471 g/mol. The molecule has 176 valence electrons. The van der Waals surface area contributed by atoms with Gasteiger partial charge in [-0.15, -0.1) is 0 Å². The molecule has 8 heteroatoms. The molecular weight excluding hydrogens is 440 g/mol. The molecule has 0 spiro atoms. The van der Waals surface area contributed by atoms with E-state index in [1.54, 1.807) is 26.4 Å². The molecule has 0 radical (unpaired) electrons. The van der Waals surface area contributed by atoms with Crippen molar-refractivity contribution in [3.8, 4) is 11.8 Å². The Kier molecular flexibility index (Phi) is 8.06. The van der Waals surface area contributed by atoms with Crippen molar-refractivity contribution in [1.82, 2.24) is 9.88 Å². The van der Waals surface area contributed by atoms with Crippen molar-refractivity contribution >= 4 is 29.3 Å². The van der Waals surface area contributed by atoms with Crippen molar-refractivity contribution < 1.29 is 14.3 Å². The Morgan fingerprint density at radius 1 is 1.36 bits per heavy atom. The third-order valence-corrected chi connectivity index (χ3v) is 6.28. The number of nitriles is 1. The van der Waals surface area contributed by atoms with Crippen LogP contribution in [0.4, 0.5) is 5.69 Å². The van der Waals surface area contributed by atoms with Crippen LogP contribution in [0.25, 0.3) is 6.08 Å². The van der Waals surface area contributed by atoms with Gasteiger partial charge in [-0.3, -0.25) is 4.79 Å². The zero-order chi connectivity index (χ0) is 24.1. The number of halogens is 1. The molecule has 1 aliphatic rings. The zero-order valence-electron chi connectivity index (χ0n) is 19.8. The van der Waals surface area contributed by atoms with E-state index >= 15 is 0 Å². The first-order chi connectivity index (χ1) is 15.8. The van der Waals surface area contributed by atoms with Crippen LogP contribution in [0.5, 0.6) is 5.75 Å². The van der Waals surface area contributed by atoms with Gasteiger partial charge in [0.2, 0.25) is 0 Å². The Hall–Kier alpha value is -2.95. The quantitative estimate of drug-likeness (QED) is 0.460. The monoisotopic (exact) mass is 470 g/mol. The van der Waals surface area contributed by atoms with Gasteiger partial charge in [0.1, 0.15) is 17.4 Å². The third kappa shape index (κ3) is 5.52. The lowest BCUT2D eigenvalue weighted by molar-refractivity contribution is -0.117. The smallest absolute Gasteiger partial charge is 0.262 e. The molecular formula is C25H31ClN4O3. The maximum Gasteiger partial charge on any atom is 0.262 e. The summed E-state index contributed by atoms with van der Waals surface area (Å²) in [7, 11) is 3.30. The van der Waals surface area contributed by atoms with Crippen LogP contribution < -0.4 is 15.0 Å². The number of carbonyl (C=O) groups is 1. The van der Waals surface area contributed by atoms with Crippen molar-refractivity contribution in [3.63, 3.8) is 0 Å². The van der Waals surface area contributed by atoms with Crippen LogP contribution in [0, 0.1) is 25.2 Å². The van der Waals surface area contributed by atoms with Crippen LogP contribution in [0.15, 0.2) is 29.8 Å². The lowest BCUT2D eigenvalue weighted by Gasteiger charge is -2.21. The number of nitrogens with zero attached hydrogens (tertiary/aromatic N) is 3. The van der Waals surface area contributed by atoms with E-state index in [1.165, 1.54) is 0 Å². The summed E-state index contributed by atoms with van der Waals surface area (Å²) >= 11 is 6.17. The van der Waals surface area contributed by atoms with Crippen LogP contribution in [0.3, 0.4) is 0 Å². The molecule has 33 heavy (non-hydrogen) atoms. The van der Waals surface area contributed by atoms with Crippen molar-refractivity contribution in [2.24, 2.45) is 0 Å². The molecule has 1 N–H and O–H groups in total. The number of ether oxygens (including phenoxy) is 2. The van der Waals surface area contributed by atoms with Crippen LogP contribution in [-0.2, 0) is 9.53 Å². The van der Waals surface area contributed by atoms with Gasteiger partial charge in [0.15, 0.2) is 0 Å². The Morgan fingerprint density at radius 2 is 2.12 bits per heavy atom. The van der Waals surface area contributed by atoms with Crippen LogP contribution in [0.2, 0.25) is 5.02 Å². The Bertz CT molecular complexity index is 1090. The highest BCUT2D eigenvalue weighted by molar-refractivity contribution is 6.31. The van der Waals surface area contributed by atoms with Gasteiger partial charge in [-0.2, -0.15) is 5.26 Å². The molecule has 1 amide bonds. The fraction of sp³-hybridized carbons (Fsp3) is 0.440. The summed E-state index contributed by atoms with van der Waals surface area (Å²) < 4.78 is 12.9. The number of amides is 1. The fourth-order valence-corrected chi connectivity index (χ4v) is 4.68. The normalized spacial score (nSPS) is 17.1. The summed E-state index contributed by atoms with van der Waals surface area (Å²) in [5.41, 5.74) is 3.91. The number of hydrogen-bond donors (Lipinski definition) is 1. The number of aromatic nitrogens is 1. The number of anilines is 1. The second-order valence-corrected chi connectivity index (χ2v) is 8.83. The summed E-state index contributed by atoms with van der Waals surface area (Å²) in [4.78, 5) is 15.0. The third-order valence-electron chi connectivity index (χ3n) is 6.04. The molecule has 0 aliphatic carbocycles. The molecule has 1 aliphatic heterocycles. The lowest BCUT2D eigenvalue weighted by Crippen LogP contribution is -2.37. The molecule has 2 unspecified atom stereocenters. The topological polar surface area (TPSA) is 79.5 Å². The summed E-state index contributed by atoms with van der Waals surface area (Å²) in [5, 5.41) is 13.3. The van der Waals surface area contributed by atoms with Gasteiger partial charge in [-0.05, 0) is 63.1 Å². The first-order valence-electron chi connectivity index (χ1n) is 11.0. The maximum atomic E-state index is 12.9. The predicted molar refractivity (Wildman–Crippen MR) is 131 cm³/mol. The SMILES string of the molecule is COCC(C)n1c(C)cc(/C=C(\C#N)C(=O)NC2CCN(c3cc(Cl)ccc3OC)C2)c1C. The highest BCUT2D eigenvalue weighted by Gasteiger charge is 2.27. The Balaban J connectivity index is 1.73. The Morgan fingerprint density at radius 3 is 2.79 bits per heavy atom. The van der Waals surface area contributed by atoms with E-state index in [0.717, 1.165) is 41.4 Å². The number of carbonyl (C=O) groups excluding carboxylic acids is 1.